The number of nitrogens with one attached hydrogen (secondary N) is 2. The number of amides is 1. The predicted octanol–water partition coefficient (Wildman–Crippen LogP) is 3.03. The molecule has 0 atom stereocenters. The van der Waals surface area contributed by atoms with Crippen LogP contribution in [0, 0.1) is 5.92 Å². The van der Waals surface area contributed by atoms with Crippen LogP contribution in [0.5, 0.6) is 5.75 Å². The van der Waals surface area contributed by atoms with Gasteiger partial charge in [0.25, 0.3) is 5.91 Å². The SMILES string of the molecule is CC(C)Cc1n[nH]c2cc(O)c(C(=O)N3Cc4ccc(N5CCNCC5)cc4C3)cc12. The molecule has 2 aliphatic rings. The van der Waals surface area contributed by atoms with Gasteiger partial charge in [-0.1, -0.05) is 19.9 Å². The predicted molar refractivity (Wildman–Crippen MR) is 121 cm³/mol. The highest BCUT2D eigenvalue weighted by atomic mass is 16.3. The van der Waals surface area contributed by atoms with Gasteiger partial charge in [0.05, 0.1) is 16.8 Å². The Hall–Kier alpha value is -3.06. The maximum Gasteiger partial charge on any atom is 0.258 e. The van der Waals surface area contributed by atoms with Crippen LogP contribution >= 0.6 is 0 Å². The molecule has 7 nitrogen and oxygen atoms in total. The zero-order valence-corrected chi connectivity index (χ0v) is 18.1. The second kappa shape index (κ2) is 7.89. The molecule has 0 spiro atoms. The number of nitrogens with zero attached hydrogens (tertiary/aromatic N) is 3. The fraction of sp³-hybridized carbons (Fsp3) is 0.417. The zero-order chi connectivity index (χ0) is 21.5. The Bertz CT molecular complexity index is 1130. The summed E-state index contributed by atoms with van der Waals surface area (Å²) in [4.78, 5) is 17.5. The third kappa shape index (κ3) is 3.74. The van der Waals surface area contributed by atoms with Crippen molar-refractivity contribution >= 4 is 22.5 Å². The standard InChI is InChI=1S/C24H29N5O2/c1-15(2)9-21-19-11-20(23(30)12-22(19)27-26-21)24(31)29-13-16-3-4-18(10-17(16)14-29)28-7-5-25-6-8-28/h3-4,10-12,15,25,30H,5-9,13-14H2,1-2H3,(H,26,27). The summed E-state index contributed by atoms with van der Waals surface area (Å²) < 4.78 is 0. The topological polar surface area (TPSA) is 84.5 Å². The van der Waals surface area contributed by atoms with Crippen molar-refractivity contribution < 1.29 is 9.90 Å². The maximum absolute atomic E-state index is 13.3. The molecule has 2 aromatic carbocycles. The van der Waals surface area contributed by atoms with Gasteiger partial charge in [-0.15, -0.1) is 0 Å². The maximum atomic E-state index is 13.3. The Morgan fingerprint density at radius 1 is 1.13 bits per heavy atom. The van der Waals surface area contributed by atoms with E-state index in [1.807, 2.05) is 4.90 Å². The number of rotatable bonds is 4. The molecule has 0 aliphatic carbocycles. The van der Waals surface area contributed by atoms with E-state index in [-0.39, 0.29) is 11.7 Å². The van der Waals surface area contributed by atoms with Crippen LogP contribution in [-0.2, 0) is 19.5 Å². The van der Waals surface area contributed by atoms with Crippen molar-refractivity contribution in [3.63, 3.8) is 0 Å². The van der Waals surface area contributed by atoms with Gasteiger partial charge in [-0.05, 0) is 41.7 Å². The van der Waals surface area contributed by atoms with Crippen LogP contribution in [0.2, 0.25) is 0 Å². The number of H-pyrrole nitrogens is 1. The van der Waals surface area contributed by atoms with Gasteiger partial charge in [-0.2, -0.15) is 5.10 Å². The third-order valence-electron chi connectivity index (χ3n) is 6.27. The fourth-order valence-electron chi connectivity index (χ4n) is 4.64. The number of carbonyl (C=O) groups is 1. The number of aromatic hydroxyl groups is 1. The summed E-state index contributed by atoms with van der Waals surface area (Å²) >= 11 is 0. The van der Waals surface area contributed by atoms with Crippen LogP contribution in [0.15, 0.2) is 30.3 Å². The molecule has 3 heterocycles. The molecule has 1 aromatic heterocycles. The van der Waals surface area contributed by atoms with Crippen LogP contribution in [0.4, 0.5) is 5.69 Å². The van der Waals surface area contributed by atoms with Crippen LogP contribution in [0.1, 0.15) is 41.0 Å². The van der Waals surface area contributed by atoms with Crippen molar-refractivity contribution in [2.45, 2.75) is 33.4 Å². The van der Waals surface area contributed by atoms with E-state index in [0.717, 1.165) is 49.2 Å². The fourth-order valence-corrected chi connectivity index (χ4v) is 4.64. The first kappa shape index (κ1) is 19.9. The Labute approximate surface area is 182 Å². The van der Waals surface area contributed by atoms with Crippen LogP contribution < -0.4 is 10.2 Å². The molecule has 5 rings (SSSR count). The number of carbonyl (C=O) groups excluding carboxylic acids is 1. The Morgan fingerprint density at radius 2 is 1.90 bits per heavy atom. The van der Waals surface area contributed by atoms with Crippen molar-refractivity contribution in [3.8, 4) is 5.75 Å². The largest absolute Gasteiger partial charge is 0.507 e. The van der Waals surface area contributed by atoms with E-state index in [9.17, 15) is 9.90 Å². The Kier molecular flexibility index (Phi) is 5.06. The molecular weight excluding hydrogens is 390 g/mol. The number of fused-ring (bicyclic) bond motifs is 2. The lowest BCUT2D eigenvalue weighted by molar-refractivity contribution is 0.0748. The molecular formula is C24H29N5O2. The first-order chi connectivity index (χ1) is 15.0. The zero-order valence-electron chi connectivity index (χ0n) is 18.1. The number of aromatic nitrogens is 2. The van der Waals surface area contributed by atoms with Gasteiger partial charge >= 0.3 is 0 Å². The van der Waals surface area contributed by atoms with Crippen LogP contribution in [0.3, 0.4) is 0 Å². The minimum atomic E-state index is -0.143. The number of aromatic amines is 1. The molecule has 0 bridgehead atoms. The summed E-state index contributed by atoms with van der Waals surface area (Å²) in [6.45, 7) is 9.41. The molecule has 3 N–H and O–H groups in total. The normalized spacial score (nSPS) is 16.4. The van der Waals surface area contributed by atoms with Gasteiger partial charge in [0.1, 0.15) is 5.75 Å². The summed E-state index contributed by atoms with van der Waals surface area (Å²) in [6.07, 6.45) is 0.822. The molecule has 0 unspecified atom stereocenters. The first-order valence-electron chi connectivity index (χ1n) is 11.1. The smallest absolute Gasteiger partial charge is 0.258 e. The van der Waals surface area contributed by atoms with Crippen molar-refractivity contribution in [2.75, 3.05) is 31.1 Å². The highest BCUT2D eigenvalue weighted by molar-refractivity contribution is 6.01. The highest BCUT2D eigenvalue weighted by Crippen LogP contribution is 2.32. The lowest BCUT2D eigenvalue weighted by Gasteiger charge is -2.29. The first-order valence-corrected chi connectivity index (χ1v) is 11.1. The molecule has 3 aromatic rings. The number of hydrogen-bond acceptors (Lipinski definition) is 5. The lowest BCUT2D eigenvalue weighted by atomic mass is 10.0. The van der Waals surface area contributed by atoms with Gasteiger partial charge in [0.2, 0.25) is 0 Å². The Morgan fingerprint density at radius 3 is 2.68 bits per heavy atom. The van der Waals surface area contributed by atoms with Crippen LogP contribution in [0.25, 0.3) is 10.9 Å². The third-order valence-corrected chi connectivity index (χ3v) is 6.27. The van der Waals surface area contributed by atoms with Crippen molar-refractivity contribution in [1.82, 2.24) is 20.4 Å². The van der Waals surface area contributed by atoms with E-state index in [1.165, 1.54) is 16.8 Å². The van der Waals surface area contributed by atoms with Gasteiger partial charge in [-0.3, -0.25) is 9.89 Å². The summed E-state index contributed by atoms with van der Waals surface area (Å²) in [5, 5.41) is 22.2. The molecule has 7 heteroatoms. The highest BCUT2D eigenvalue weighted by Gasteiger charge is 2.27. The second-order valence-electron chi connectivity index (χ2n) is 9.03. The van der Waals surface area contributed by atoms with E-state index in [4.69, 9.17) is 0 Å². The molecule has 1 saturated heterocycles. The van der Waals surface area contributed by atoms with Gasteiger partial charge in [0, 0.05) is 56.4 Å². The number of anilines is 1. The number of benzene rings is 2. The van der Waals surface area contributed by atoms with Gasteiger partial charge in [0.15, 0.2) is 0 Å². The minimum absolute atomic E-state index is 0.00490. The monoisotopic (exact) mass is 419 g/mol. The molecule has 1 fully saturated rings. The van der Waals surface area contributed by atoms with E-state index >= 15 is 0 Å². The van der Waals surface area contributed by atoms with Gasteiger partial charge in [-0.25, -0.2) is 0 Å². The minimum Gasteiger partial charge on any atom is -0.507 e. The summed E-state index contributed by atoms with van der Waals surface area (Å²) in [5.41, 5.74) is 5.62. The summed E-state index contributed by atoms with van der Waals surface area (Å²) in [6, 6.07) is 9.92. The number of piperazine rings is 1. The molecule has 2 aliphatic heterocycles. The second-order valence-corrected chi connectivity index (χ2v) is 9.03. The van der Waals surface area contributed by atoms with Crippen molar-refractivity contribution in [3.05, 3.63) is 52.7 Å². The van der Waals surface area contributed by atoms with E-state index < -0.39 is 0 Å². The molecule has 31 heavy (non-hydrogen) atoms. The molecule has 0 radical (unpaired) electrons. The Balaban J connectivity index is 1.39. The number of phenolic OH excluding ortho intramolecular Hbond substituents is 1. The number of hydrogen-bond donors (Lipinski definition) is 3. The lowest BCUT2D eigenvalue weighted by Crippen LogP contribution is -2.43. The quantitative estimate of drug-likeness (QED) is 0.605. The summed E-state index contributed by atoms with van der Waals surface area (Å²) in [5.74, 6) is 0.308. The van der Waals surface area contributed by atoms with Gasteiger partial charge < -0.3 is 20.2 Å². The van der Waals surface area contributed by atoms with E-state index in [1.54, 1.807) is 12.1 Å². The number of phenols is 1. The average molecular weight is 420 g/mol. The average Bonchev–Trinajstić information content (AvgIpc) is 3.36. The molecule has 1 amide bonds. The van der Waals surface area contributed by atoms with Crippen LogP contribution in [-0.4, -0.2) is 52.3 Å². The van der Waals surface area contributed by atoms with E-state index in [2.05, 4.69) is 52.5 Å². The van der Waals surface area contributed by atoms with Crippen molar-refractivity contribution in [1.29, 1.82) is 0 Å². The summed E-state index contributed by atoms with van der Waals surface area (Å²) in [7, 11) is 0. The molecule has 0 saturated carbocycles. The van der Waals surface area contributed by atoms with E-state index in [0.29, 0.717) is 24.6 Å². The molecule has 162 valence electrons. The van der Waals surface area contributed by atoms with Crippen molar-refractivity contribution in [2.24, 2.45) is 5.92 Å².